The molecule has 1 N–H and O–H groups in total. The van der Waals surface area contributed by atoms with Crippen LogP contribution in [-0.4, -0.2) is 17.8 Å². The maximum Gasteiger partial charge on any atom is 0.351 e. The second-order valence-corrected chi connectivity index (χ2v) is 6.50. The van der Waals surface area contributed by atoms with Gasteiger partial charge in [0.05, 0.1) is 0 Å². The summed E-state index contributed by atoms with van der Waals surface area (Å²) in [5.41, 5.74) is -0.885. The Kier molecular flexibility index (Phi) is 6.12. The number of ether oxygens (including phenoxy) is 1. The zero-order valence-corrected chi connectivity index (χ0v) is 15.2. The van der Waals surface area contributed by atoms with Crippen LogP contribution in [-0.2, 0) is 20.0 Å². The number of esters is 1. The zero-order valence-electron chi connectivity index (χ0n) is 12.0. The number of benzene rings is 2. The summed E-state index contributed by atoms with van der Waals surface area (Å²) in [4.78, 5) is 17.4. The van der Waals surface area contributed by atoms with Crippen LogP contribution in [0.1, 0.15) is 11.1 Å². The van der Waals surface area contributed by atoms with Crippen molar-refractivity contribution in [2.45, 2.75) is 5.60 Å². The van der Waals surface area contributed by atoms with E-state index in [2.05, 4.69) is 38.4 Å². The predicted octanol–water partition coefficient (Wildman–Crippen LogP) is 4.67. The van der Waals surface area contributed by atoms with Crippen LogP contribution in [0.15, 0.2) is 70.1 Å². The number of rotatable bonds is 6. The summed E-state index contributed by atoms with van der Waals surface area (Å²) < 4.78 is 6.82. The molecule has 0 saturated heterocycles. The molecule has 0 aromatic heterocycles. The van der Waals surface area contributed by atoms with Crippen molar-refractivity contribution in [2.75, 3.05) is 6.61 Å². The van der Waals surface area contributed by atoms with Gasteiger partial charge in [-0.05, 0) is 24.3 Å². The first-order chi connectivity index (χ1) is 11.0. The van der Waals surface area contributed by atoms with E-state index in [0.717, 1.165) is 8.95 Å². The average Bonchev–Trinajstić information content (AvgIpc) is 2.57. The maximum absolute atomic E-state index is 12.6. The van der Waals surface area contributed by atoms with Crippen LogP contribution in [0.5, 0.6) is 0 Å². The molecule has 2 aromatic rings. The van der Waals surface area contributed by atoms with Gasteiger partial charge in [0.1, 0.15) is 6.61 Å². The van der Waals surface area contributed by atoms with Gasteiger partial charge in [0.25, 0.3) is 0 Å². The molecule has 4 nitrogen and oxygen atoms in total. The van der Waals surface area contributed by atoms with Gasteiger partial charge in [-0.1, -0.05) is 68.8 Å². The first-order valence-electron chi connectivity index (χ1n) is 6.67. The molecule has 0 unspecified atom stereocenters. The molecule has 0 spiro atoms. The molecule has 0 radical (unpaired) electrons. The SMILES string of the molecule is C=CCOC(=O)C(OO)(c1ccc(Br)cc1)c1ccc(Br)cc1. The minimum absolute atomic E-state index is 0.0109. The van der Waals surface area contributed by atoms with Crippen LogP contribution >= 0.6 is 31.9 Å². The number of carbonyl (C=O) groups excluding carboxylic acids is 1. The van der Waals surface area contributed by atoms with Crippen molar-refractivity contribution in [3.8, 4) is 0 Å². The van der Waals surface area contributed by atoms with Crippen molar-refractivity contribution in [3.63, 3.8) is 0 Å². The molecule has 0 aliphatic heterocycles. The third kappa shape index (κ3) is 3.72. The Bertz CT molecular complexity index is 635. The van der Waals surface area contributed by atoms with Gasteiger partial charge in [-0.2, -0.15) is 0 Å². The van der Waals surface area contributed by atoms with Gasteiger partial charge >= 0.3 is 5.97 Å². The topological polar surface area (TPSA) is 55.8 Å². The summed E-state index contributed by atoms with van der Waals surface area (Å²) in [6, 6.07) is 13.7. The van der Waals surface area contributed by atoms with Crippen molar-refractivity contribution < 1.29 is 19.7 Å². The highest BCUT2D eigenvalue weighted by Crippen LogP contribution is 2.36. The zero-order chi connectivity index (χ0) is 16.9. The molecule has 2 rings (SSSR count). The second-order valence-electron chi connectivity index (χ2n) is 4.67. The van der Waals surface area contributed by atoms with E-state index in [1.54, 1.807) is 48.5 Å². The molecule has 0 heterocycles. The van der Waals surface area contributed by atoms with Crippen molar-refractivity contribution in [2.24, 2.45) is 0 Å². The summed E-state index contributed by atoms with van der Waals surface area (Å²) >= 11 is 6.68. The Morgan fingerprint density at radius 1 is 1.04 bits per heavy atom. The van der Waals surface area contributed by atoms with E-state index in [0.29, 0.717) is 11.1 Å². The molecule has 0 fully saturated rings. The summed E-state index contributed by atoms with van der Waals surface area (Å²) in [7, 11) is 0. The average molecular weight is 442 g/mol. The lowest BCUT2D eigenvalue weighted by Crippen LogP contribution is -2.40. The van der Waals surface area contributed by atoms with Crippen LogP contribution in [0.4, 0.5) is 0 Å². The fourth-order valence-corrected chi connectivity index (χ4v) is 2.68. The molecule has 2 aromatic carbocycles. The lowest BCUT2D eigenvalue weighted by atomic mass is 9.86. The highest BCUT2D eigenvalue weighted by molar-refractivity contribution is 9.10. The van der Waals surface area contributed by atoms with Crippen LogP contribution < -0.4 is 0 Å². The Hall–Kier alpha value is -1.47. The van der Waals surface area contributed by atoms with Crippen molar-refractivity contribution in [1.29, 1.82) is 0 Å². The maximum atomic E-state index is 12.6. The Balaban J connectivity index is 2.60. The van der Waals surface area contributed by atoms with Crippen LogP contribution in [0.2, 0.25) is 0 Å². The van der Waals surface area contributed by atoms with Crippen molar-refractivity contribution in [1.82, 2.24) is 0 Å². The molecule has 0 atom stereocenters. The normalized spacial score (nSPS) is 11.1. The van der Waals surface area contributed by atoms with Crippen LogP contribution in [0.3, 0.4) is 0 Å². The molecular weight excluding hydrogens is 428 g/mol. The molecule has 23 heavy (non-hydrogen) atoms. The van der Waals surface area contributed by atoms with Crippen LogP contribution in [0, 0.1) is 0 Å². The van der Waals surface area contributed by atoms with Crippen LogP contribution in [0.25, 0.3) is 0 Å². The smallest absolute Gasteiger partial charge is 0.351 e. The molecule has 120 valence electrons. The molecule has 6 heteroatoms. The Morgan fingerprint density at radius 2 is 1.48 bits per heavy atom. The van der Waals surface area contributed by atoms with Gasteiger partial charge in [0, 0.05) is 20.1 Å². The van der Waals surface area contributed by atoms with Crippen molar-refractivity contribution in [3.05, 3.63) is 81.3 Å². The van der Waals surface area contributed by atoms with E-state index in [-0.39, 0.29) is 6.61 Å². The van der Waals surface area contributed by atoms with E-state index in [1.807, 2.05) is 0 Å². The van der Waals surface area contributed by atoms with Crippen molar-refractivity contribution >= 4 is 37.8 Å². The minimum atomic E-state index is -1.77. The molecule has 0 bridgehead atoms. The minimum Gasteiger partial charge on any atom is -0.459 e. The van der Waals surface area contributed by atoms with Gasteiger partial charge < -0.3 is 4.74 Å². The quantitative estimate of drug-likeness (QED) is 0.306. The van der Waals surface area contributed by atoms with Gasteiger partial charge in [-0.3, -0.25) is 0 Å². The van der Waals surface area contributed by atoms with E-state index < -0.39 is 11.6 Å². The third-order valence-corrected chi connectivity index (χ3v) is 4.32. The van der Waals surface area contributed by atoms with E-state index in [9.17, 15) is 10.1 Å². The highest BCUT2D eigenvalue weighted by atomic mass is 79.9. The molecular formula is C17H14Br2O4. The van der Waals surface area contributed by atoms with E-state index in [4.69, 9.17) is 9.62 Å². The monoisotopic (exact) mass is 440 g/mol. The Morgan fingerprint density at radius 3 is 1.83 bits per heavy atom. The standard InChI is InChI=1S/C17H14Br2O4/c1-2-11-22-16(20)17(23-21,12-3-7-14(18)8-4-12)13-5-9-15(19)10-6-13/h2-10,21H,1,11H2. The van der Waals surface area contributed by atoms with E-state index >= 15 is 0 Å². The predicted molar refractivity (Wildman–Crippen MR) is 93.9 cm³/mol. The summed E-state index contributed by atoms with van der Waals surface area (Å²) in [5, 5.41) is 9.64. The second kappa shape index (κ2) is 7.88. The molecule has 0 amide bonds. The number of carbonyl (C=O) groups is 1. The first kappa shape index (κ1) is 17.9. The van der Waals surface area contributed by atoms with Gasteiger partial charge in [-0.25, -0.2) is 14.9 Å². The Labute approximate surface area is 150 Å². The number of hydrogen-bond donors (Lipinski definition) is 1. The fraction of sp³-hybridized carbons (Fsp3) is 0.118. The molecule has 0 aliphatic rings. The number of hydrogen-bond acceptors (Lipinski definition) is 4. The third-order valence-electron chi connectivity index (χ3n) is 3.26. The fourth-order valence-electron chi connectivity index (χ4n) is 2.15. The first-order valence-corrected chi connectivity index (χ1v) is 8.26. The van der Waals surface area contributed by atoms with Gasteiger partial charge in [-0.15, -0.1) is 0 Å². The lowest BCUT2D eigenvalue weighted by Gasteiger charge is -2.29. The summed E-state index contributed by atoms with van der Waals surface area (Å²) in [6.45, 7) is 3.53. The lowest BCUT2D eigenvalue weighted by molar-refractivity contribution is -0.311. The summed E-state index contributed by atoms with van der Waals surface area (Å²) in [5.74, 6) is -0.732. The van der Waals surface area contributed by atoms with Gasteiger partial charge in [0.15, 0.2) is 0 Å². The highest BCUT2D eigenvalue weighted by Gasteiger charge is 2.46. The molecule has 0 saturated carbocycles. The van der Waals surface area contributed by atoms with E-state index in [1.165, 1.54) is 6.08 Å². The summed E-state index contributed by atoms with van der Waals surface area (Å²) in [6.07, 6.45) is 1.45. The number of halogens is 2. The van der Waals surface area contributed by atoms with Gasteiger partial charge in [0.2, 0.25) is 5.60 Å². The largest absolute Gasteiger partial charge is 0.459 e. The molecule has 0 aliphatic carbocycles.